The Labute approximate surface area is 194 Å². The van der Waals surface area contributed by atoms with Gasteiger partial charge in [-0.3, -0.25) is 9.67 Å². The number of aromatic nitrogens is 2. The first-order valence-corrected chi connectivity index (χ1v) is 9.87. The number of nitrogens with one attached hydrogen (secondary N) is 2. The number of benzene rings is 1. The topological polar surface area (TPSA) is 72.7 Å². The van der Waals surface area contributed by atoms with E-state index >= 15 is 0 Å². The molecule has 0 amide bonds. The zero-order chi connectivity index (χ0) is 21.0. The van der Waals surface area contributed by atoms with Crippen LogP contribution in [0, 0.1) is 19.7 Å². The van der Waals surface area contributed by atoms with Crippen molar-refractivity contribution in [2.45, 2.75) is 46.3 Å². The maximum atomic E-state index is 13.9. The lowest BCUT2D eigenvalue weighted by Crippen LogP contribution is -2.43. The van der Waals surface area contributed by atoms with Crippen molar-refractivity contribution in [3.63, 3.8) is 0 Å². The highest BCUT2D eigenvalue weighted by atomic mass is 127. The van der Waals surface area contributed by atoms with Crippen molar-refractivity contribution >= 4 is 29.9 Å². The molecule has 1 aliphatic rings. The van der Waals surface area contributed by atoms with Crippen LogP contribution < -0.4 is 15.4 Å². The van der Waals surface area contributed by atoms with Crippen molar-refractivity contribution in [1.29, 1.82) is 0 Å². The molecule has 166 valence electrons. The van der Waals surface area contributed by atoms with Gasteiger partial charge in [-0.05, 0) is 56.9 Å². The van der Waals surface area contributed by atoms with E-state index in [9.17, 15) is 4.39 Å². The summed E-state index contributed by atoms with van der Waals surface area (Å²) in [5, 5.41) is 11.2. The van der Waals surface area contributed by atoms with E-state index in [1.165, 1.54) is 23.4 Å². The first-order valence-electron chi connectivity index (χ1n) is 9.87. The first kappa shape index (κ1) is 24.4. The number of guanidine groups is 1. The van der Waals surface area contributed by atoms with Crippen molar-refractivity contribution < 1.29 is 13.9 Å². The van der Waals surface area contributed by atoms with E-state index in [-0.39, 0.29) is 42.6 Å². The third-order valence-corrected chi connectivity index (χ3v) is 5.21. The Bertz CT molecular complexity index is 900. The summed E-state index contributed by atoms with van der Waals surface area (Å²) in [5.74, 6) is 1.18. The van der Waals surface area contributed by atoms with Gasteiger partial charge in [0.25, 0.3) is 0 Å². The summed E-state index contributed by atoms with van der Waals surface area (Å²) in [6.07, 6.45) is 1.48. The molecule has 7 nitrogen and oxygen atoms in total. The molecular formula is C21H31FIN5O2. The van der Waals surface area contributed by atoms with E-state index in [1.807, 2.05) is 18.7 Å². The van der Waals surface area contributed by atoms with Crippen molar-refractivity contribution in [3.05, 3.63) is 46.0 Å². The zero-order valence-electron chi connectivity index (χ0n) is 18.2. The van der Waals surface area contributed by atoms with Crippen LogP contribution in [0.4, 0.5) is 4.39 Å². The smallest absolute Gasteiger partial charge is 0.191 e. The largest absolute Gasteiger partial charge is 0.467 e. The highest BCUT2D eigenvalue weighted by Gasteiger charge is 2.17. The standard InChI is InChI=1S/C21H30FN5O2.HI/c1-13(8-19-14(2)26-27(5)15(19)3)25-21(23-4)24-7-6-16-9-18(22)10-17-11-28-12-29-20(16)17;/h9-10,13H,6-8,11-12H2,1-5H3,(H2,23,24,25);1H. The monoisotopic (exact) mass is 531 g/mol. The minimum Gasteiger partial charge on any atom is -0.467 e. The second kappa shape index (κ2) is 10.9. The number of ether oxygens (including phenoxy) is 2. The van der Waals surface area contributed by atoms with Gasteiger partial charge in [0.15, 0.2) is 12.8 Å². The Hall–Kier alpha value is -1.88. The fraction of sp³-hybridized carbons (Fsp3) is 0.524. The number of halogens is 2. The second-order valence-electron chi connectivity index (χ2n) is 7.44. The van der Waals surface area contributed by atoms with Crippen LogP contribution in [0.2, 0.25) is 0 Å². The number of aryl methyl sites for hydroxylation is 2. The molecule has 0 saturated heterocycles. The molecule has 1 atom stereocenters. The molecule has 1 unspecified atom stereocenters. The Balaban J connectivity index is 0.00000320. The highest BCUT2D eigenvalue weighted by molar-refractivity contribution is 14.0. The van der Waals surface area contributed by atoms with E-state index in [4.69, 9.17) is 9.47 Å². The van der Waals surface area contributed by atoms with Gasteiger partial charge in [-0.2, -0.15) is 5.10 Å². The van der Waals surface area contributed by atoms with Crippen molar-refractivity contribution in [1.82, 2.24) is 20.4 Å². The molecule has 0 spiro atoms. The summed E-state index contributed by atoms with van der Waals surface area (Å²) in [6, 6.07) is 3.18. The molecule has 2 heterocycles. The van der Waals surface area contributed by atoms with E-state index in [1.54, 1.807) is 7.05 Å². The van der Waals surface area contributed by atoms with Crippen LogP contribution in [0.1, 0.15) is 35.0 Å². The molecule has 2 aromatic rings. The highest BCUT2D eigenvalue weighted by Crippen LogP contribution is 2.29. The van der Waals surface area contributed by atoms with Gasteiger partial charge in [0.2, 0.25) is 0 Å². The van der Waals surface area contributed by atoms with Gasteiger partial charge in [-0.1, -0.05) is 0 Å². The van der Waals surface area contributed by atoms with E-state index in [0.717, 1.165) is 29.0 Å². The summed E-state index contributed by atoms with van der Waals surface area (Å²) < 4.78 is 26.6. The number of nitrogens with zero attached hydrogens (tertiary/aromatic N) is 3. The molecule has 3 rings (SSSR count). The van der Waals surface area contributed by atoms with Crippen LogP contribution in [0.25, 0.3) is 0 Å². The third-order valence-electron chi connectivity index (χ3n) is 5.21. The SMILES string of the molecule is CN=C(NCCc1cc(F)cc2c1OCOC2)NC(C)Cc1c(C)nn(C)c1C.I. The number of rotatable bonds is 6. The fourth-order valence-electron chi connectivity index (χ4n) is 3.66. The number of hydrogen-bond donors (Lipinski definition) is 2. The van der Waals surface area contributed by atoms with E-state index in [2.05, 4.69) is 34.6 Å². The first-order chi connectivity index (χ1) is 13.9. The van der Waals surface area contributed by atoms with Crippen molar-refractivity contribution in [2.75, 3.05) is 20.4 Å². The van der Waals surface area contributed by atoms with Gasteiger partial charge in [0.1, 0.15) is 11.6 Å². The maximum absolute atomic E-state index is 13.9. The molecule has 1 aromatic carbocycles. The summed E-state index contributed by atoms with van der Waals surface area (Å²) in [5.41, 5.74) is 5.08. The Morgan fingerprint density at radius 1 is 1.37 bits per heavy atom. The van der Waals surface area contributed by atoms with Crippen LogP contribution in [0.3, 0.4) is 0 Å². The molecule has 1 aromatic heterocycles. The lowest BCUT2D eigenvalue weighted by molar-refractivity contribution is -0.0172. The molecule has 0 aliphatic carbocycles. The lowest BCUT2D eigenvalue weighted by atomic mass is 10.1. The summed E-state index contributed by atoms with van der Waals surface area (Å²) in [4.78, 5) is 4.30. The minimum absolute atomic E-state index is 0. The molecular weight excluding hydrogens is 500 g/mol. The molecule has 1 aliphatic heterocycles. The predicted molar refractivity (Wildman–Crippen MR) is 126 cm³/mol. The minimum atomic E-state index is -0.272. The van der Waals surface area contributed by atoms with Gasteiger partial charge in [-0.15, -0.1) is 24.0 Å². The van der Waals surface area contributed by atoms with Gasteiger partial charge >= 0.3 is 0 Å². The maximum Gasteiger partial charge on any atom is 0.191 e. The molecule has 2 N–H and O–H groups in total. The zero-order valence-corrected chi connectivity index (χ0v) is 20.5. The van der Waals surface area contributed by atoms with Crippen LogP contribution in [-0.2, 0) is 31.2 Å². The normalized spacial score (nSPS) is 14.4. The van der Waals surface area contributed by atoms with Crippen LogP contribution in [-0.4, -0.2) is 42.2 Å². The summed E-state index contributed by atoms with van der Waals surface area (Å²) >= 11 is 0. The third kappa shape index (κ3) is 5.84. The van der Waals surface area contributed by atoms with Gasteiger partial charge in [-0.25, -0.2) is 4.39 Å². The number of aliphatic imine (C=N–C) groups is 1. The Morgan fingerprint density at radius 2 is 2.13 bits per heavy atom. The average molecular weight is 531 g/mol. The van der Waals surface area contributed by atoms with Gasteiger partial charge in [0, 0.05) is 37.9 Å². The van der Waals surface area contributed by atoms with Gasteiger partial charge < -0.3 is 20.1 Å². The van der Waals surface area contributed by atoms with Crippen molar-refractivity contribution in [3.8, 4) is 5.75 Å². The number of fused-ring (bicyclic) bond motifs is 1. The predicted octanol–water partition coefficient (Wildman–Crippen LogP) is 3.00. The molecule has 0 saturated carbocycles. The molecule has 9 heteroatoms. The van der Waals surface area contributed by atoms with Crippen LogP contribution in [0.5, 0.6) is 5.75 Å². The number of hydrogen-bond acceptors (Lipinski definition) is 4. The van der Waals surface area contributed by atoms with E-state index in [0.29, 0.717) is 25.5 Å². The summed E-state index contributed by atoms with van der Waals surface area (Å²) in [6.45, 7) is 7.43. The van der Waals surface area contributed by atoms with Crippen molar-refractivity contribution in [2.24, 2.45) is 12.0 Å². The summed E-state index contributed by atoms with van der Waals surface area (Å²) in [7, 11) is 3.71. The van der Waals surface area contributed by atoms with Crippen LogP contribution >= 0.6 is 24.0 Å². The fourth-order valence-corrected chi connectivity index (χ4v) is 3.66. The Kier molecular flexibility index (Phi) is 8.90. The lowest BCUT2D eigenvalue weighted by Gasteiger charge is -2.21. The van der Waals surface area contributed by atoms with Crippen LogP contribution in [0.15, 0.2) is 17.1 Å². The quantitative estimate of drug-likeness (QED) is 0.341. The molecule has 0 bridgehead atoms. The second-order valence-corrected chi connectivity index (χ2v) is 7.44. The van der Waals surface area contributed by atoms with E-state index < -0.39 is 0 Å². The van der Waals surface area contributed by atoms with Gasteiger partial charge in [0.05, 0.1) is 12.3 Å². The molecule has 0 fully saturated rings. The average Bonchev–Trinajstić information content (AvgIpc) is 2.93. The molecule has 0 radical (unpaired) electrons. The Morgan fingerprint density at radius 3 is 2.80 bits per heavy atom. The molecule has 30 heavy (non-hydrogen) atoms.